The normalized spacial score (nSPS) is 16.1. The Morgan fingerprint density at radius 1 is 0.911 bits per heavy atom. The van der Waals surface area contributed by atoms with E-state index in [0.717, 1.165) is 40.2 Å². The second-order valence-corrected chi connectivity index (χ2v) is 16.1. The van der Waals surface area contributed by atoms with E-state index in [0.29, 0.717) is 23.5 Å². The fraction of sp³-hybridized carbons (Fsp3) is 0.235. The minimum absolute atomic E-state index is 0.450. The molecule has 56 heavy (non-hydrogen) atoms. The second-order valence-electron chi connectivity index (χ2n) is 14.8. The van der Waals surface area contributed by atoms with E-state index < -0.39 is 0 Å². The first kappa shape index (κ1) is 40.2. The van der Waals surface area contributed by atoms with Crippen LogP contribution in [0, 0.1) is 5.92 Å². The fourth-order valence-corrected chi connectivity index (χ4v) is 8.31. The summed E-state index contributed by atoms with van der Waals surface area (Å²) in [5, 5.41) is 5.07. The van der Waals surface area contributed by atoms with Crippen LogP contribution in [-0.2, 0) is 0 Å². The van der Waals surface area contributed by atoms with Crippen LogP contribution >= 0.6 is 11.8 Å². The molecule has 0 aromatic heterocycles. The molecule has 1 aliphatic carbocycles. The number of thioether (sulfide) groups is 1. The van der Waals surface area contributed by atoms with Crippen molar-refractivity contribution in [1.29, 1.82) is 0 Å². The Hall–Kier alpha value is -5.52. The molecule has 0 bridgehead atoms. The Labute approximate surface area is 339 Å². The van der Waals surface area contributed by atoms with Gasteiger partial charge in [0.15, 0.2) is 5.84 Å². The van der Waals surface area contributed by atoms with Crippen molar-refractivity contribution in [3.63, 3.8) is 0 Å². The molecule has 2 aliphatic heterocycles. The van der Waals surface area contributed by atoms with E-state index in [1.807, 2.05) is 36.9 Å². The third-order valence-electron chi connectivity index (χ3n) is 9.89. The van der Waals surface area contributed by atoms with Crippen LogP contribution < -0.4 is 16.1 Å². The van der Waals surface area contributed by atoms with Crippen LogP contribution in [-0.4, -0.2) is 17.6 Å². The molecular weight excluding hydrogens is 701 g/mol. The molecule has 0 spiro atoms. The standard InChI is InChI=1S/C44H46N4S.C7H10/c1-5-7-8-16-40-23-20-37-28-35(22-25-43(37)49-40)34-21-24-42-36(27-34)19-18-33-13-9-10-17-41(33)48(42)39-15-11-14-38(29-39)44(45)47-46-30-32(12-6-2)26-31(3)4;1-7-5-3-2-4-6-7/h5-6,9-15,17-29,31,40,46H,1,7-8,16,30H2,2-4H3,(H2,45,47);3,5-6H,2,4H2,1H3/b12-6-,32-26+;. The lowest BCUT2D eigenvalue weighted by Crippen LogP contribution is -2.21. The van der Waals surface area contributed by atoms with Crippen molar-refractivity contribution >= 4 is 52.9 Å². The number of allylic oxidation sites excluding steroid dienone is 7. The second kappa shape index (κ2) is 19.9. The van der Waals surface area contributed by atoms with Crippen LogP contribution in [0.15, 0.2) is 161 Å². The van der Waals surface area contributed by atoms with E-state index in [9.17, 15) is 0 Å². The predicted molar refractivity (Wildman–Crippen MR) is 247 cm³/mol. The molecule has 4 nitrogen and oxygen atoms in total. The number of benzene rings is 4. The third-order valence-corrected chi connectivity index (χ3v) is 11.2. The van der Waals surface area contributed by atoms with Gasteiger partial charge in [0.25, 0.3) is 0 Å². The topological polar surface area (TPSA) is 53.6 Å². The third kappa shape index (κ3) is 10.6. The van der Waals surface area contributed by atoms with Crippen LogP contribution in [0.2, 0.25) is 0 Å². The Morgan fingerprint density at radius 2 is 1.70 bits per heavy atom. The lowest BCUT2D eigenvalue weighted by molar-refractivity contribution is 0.773. The molecule has 4 aromatic carbocycles. The van der Waals surface area contributed by atoms with Gasteiger partial charge in [0.2, 0.25) is 0 Å². The van der Waals surface area contributed by atoms with E-state index in [2.05, 4.69) is 176 Å². The zero-order valence-corrected chi connectivity index (χ0v) is 34.2. The Balaban J connectivity index is 0.000000685. The maximum Gasteiger partial charge on any atom is 0.150 e. The lowest BCUT2D eigenvalue weighted by Gasteiger charge is -2.28. The number of para-hydroxylation sites is 1. The van der Waals surface area contributed by atoms with E-state index in [4.69, 9.17) is 5.73 Å². The number of nitrogens with one attached hydrogen (secondary N) is 1. The van der Waals surface area contributed by atoms with Gasteiger partial charge in [-0.2, -0.15) is 5.10 Å². The summed E-state index contributed by atoms with van der Waals surface area (Å²) in [5.41, 5.74) is 22.5. The first-order valence-electron chi connectivity index (χ1n) is 20.0. The summed E-state index contributed by atoms with van der Waals surface area (Å²) in [7, 11) is 0. The molecule has 4 aromatic rings. The lowest BCUT2D eigenvalue weighted by atomic mass is 9.98. The van der Waals surface area contributed by atoms with Crippen molar-refractivity contribution in [3.05, 3.63) is 174 Å². The predicted octanol–water partition coefficient (Wildman–Crippen LogP) is 13.8. The Morgan fingerprint density at radius 3 is 2.45 bits per heavy atom. The van der Waals surface area contributed by atoms with Gasteiger partial charge in [-0.15, -0.1) is 18.3 Å². The summed E-state index contributed by atoms with van der Waals surface area (Å²) in [4.78, 5) is 3.68. The number of amidine groups is 1. The van der Waals surface area contributed by atoms with Crippen LogP contribution in [0.1, 0.15) is 82.1 Å². The van der Waals surface area contributed by atoms with Gasteiger partial charge in [0.1, 0.15) is 0 Å². The molecule has 0 radical (unpaired) electrons. The molecule has 286 valence electrons. The van der Waals surface area contributed by atoms with Crippen LogP contribution in [0.3, 0.4) is 0 Å². The van der Waals surface area contributed by atoms with E-state index in [-0.39, 0.29) is 0 Å². The Bertz CT molecular complexity index is 2210. The van der Waals surface area contributed by atoms with Crippen molar-refractivity contribution in [3.8, 4) is 11.1 Å². The maximum atomic E-state index is 6.55. The first-order valence-corrected chi connectivity index (χ1v) is 20.9. The maximum absolute atomic E-state index is 6.55. The minimum Gasteiger partial charge on any atom is -0.382 e. The van der Waals surface area contributed by atoms with Gasteiger partial charge in [0.05, 0.1) is 17.9 Å². The quantitative estimate of drug-likeness (QED) is 0.0332. The summed E-state index contributed by atoms with van der Waals surface area (Å²) >= 11 is 1.97. The average Bonchev–Trinajstić information content (AvgIpc) is 3.38. The molecular formula is C51H56N4S. The van der Waals surface area contributed by atoms with Crippen molar-refractivity contribution in [1.82, 2.24) is 5.43 Å². The van der Waals surface area contributed by atoms with E-state index >= 15 is 0 Å². The fourth-order valence-electron chi connectivity index (χ4n) is 7.13. The number of anilines is 3. The largest absolute Gasteiger partial charge is 0.382 e. The summed E-state index contributed by atoms with van der Waals surface area (Å²) in [5.74, 6) is 0.904. The molecule has 1 atom stereocenters. The highest BCUT2D eigenvalue weighted by atomic mass is 32.2. The van der Waals surface area contributed by atoms with Gasteiger partial charge in [-0.3, -0.25) is 0 Å². The highest BCUT2D eigenvalue weighted by molar-refractivity contribution is 8.00. The van der Waals surface area contributed by atoms with Crippen LogP contribution in [0.4, 0.5) is 17.1 Å². The zero-order valence-electron chi connectivity index (χ0n) is 33.4. The molecule has 3 N–H and O–H groups in total. The minimum atomic E-state index is 0.450. The first-order chi connectivity index (χ1) is 27.3. The molecule has 1 unspecified atom stereocenters. The molecule has 0 saturated carbocycles. The number of fused-ring (bicyclic) bond motifs is 3. The number of unbranched alkanes of at least 4 members (excludes halogenated alkanes) is 1. The number of rotatable bonds is 12. The van der Waals surface area contributed by atoms with Crippen molar-refractivity contribution in [2.45, 2.75) is 69.9 Å². The molecule has 0 saturated heterocycles. The SMILES string of the molecule is C=CCCCC1C=Cc2cc(-c3ccc4c(c3)C=Cc3ccccc3N4c3cccc(/C(N)=N/NCC(/C=C\C)=C/C(C)C)c3)ccc2S1.CC1=CCCC=C1. The highest BCUT2D eigenvalue weighted by Gasteiger charge is 2.21. The summed E-state index contributed by atoms with van der Waals surface area (Å²) < 4.78 is 0. The average molecular weight is 757 g/mol. The van der Waals surface area contributed by atoms with Gasteiger partial charge in [-0.1, -0.05) is 129 Å². The molecule has 5 heteroatoms. The van der Waals surface area contributed by atoms with Gasteiger partial charge in [0, 0.05) is 21.4 Å². The van der Waals surface area contributed by atoms with Gasteiger partial charge >= 0.3 is 0 Å². The zero-order chi connectivity index (χ0) is 39.3. The van der Waals surface area contributed by atoms with Crippen LogP contribution in [0.25, 0.3) is 29.4 Å². The monoisotopic (exact) mass is 756 g/mol. The molecule has 0 amide bonds. The van der Waals surface area contributed by atoms with Crippen LogP contribution in [0.5, 0.6) is 0 Å². The van der Waals surface area contributed by atoms with Gasteiger partial charge in [-0.05, 0) is 128 Å². The number of hydrogen-bond donors (Lipinski definition) is 2. The molecule has 2 heterocycles. The van der Waals surface area contributed by atoms with E-state index in [1.54, 1.807) is 0 Å². The van der Waals surface area contributed by atoms with E-state index in [1.165, 1.54) is 58.4 Å². The molecule has 7 rings (SSSR count). The highest BCUT2D eigenvalue weighted by Crippen LogP contribution is 2.44. The van der Waals surface area contributed by atoms with Gasteiger partial charge < -0.3 is 16.1 Å². The van der Waals surface area contributed by atoms with Crippen molar-refractivity contribution < 1.29 is 0 Å². The number of hydrogen-bond acceptors (Lipinski definition) is 4. The number of hydrazone groups is 1. The number of nitrogens with zero attached hydrogens (tertiary/aromatic N) is 2. The Kier molecular flexibility index (Phi) is 14.3. The molecule has 0 fully saturated rings. The smallest absolute Gasteiger partial charge is 0.150 e. The molecule has 3 aliphatic rings. The summed E-state index contributed by atoms with van der Waals surface area (Å²) in [6, 6.07) is 30.5. The van der Waals surface area contributed by atoms with Crippen molar-refractivity contribution in [2.24, 2.45) is 16.8 Å². The van der Waals surface area contributed by atoms with Crippen molar-refractivity contribution in [2.75, 3.05) is 11.4 Å². The van der Waals surface area contributed by atoms with Gasteiger partial charge in [-0.25, -0.2) is 0 Å². The summed E-state index contributed by atoms with van der Waals surface area (Å²) in [6.45, 7) is 13.0. The number of nitrogens with two attached hydrogens (primary N) is 1. The summed E-state index contributed by atoms with van der Waals surface area (Å²) in [6.07, 6.45) is 30.1.